The normalized spacial score (nSPS) is 21.3. The Morgan fingerprint density at radius 1 is 1.19 bits per heavy atom. The van der Waals surface area contributed by atoms with Crippen molar-refractivity contribution in [1.29, 1.82) is 0 Å². The Labute approximate surface area is 223 Å². The third-order valence-corrected chi connectivity index (χ3v) is 7.11. The number of benzene rings is 1. The van der Waals surface area contributed by atoms with Crippen LogP contribution in [0.1, 0.15) is 67.2 Å². The number of carbonyl (C=O) groups excluding carboxylic acids is 1. The van der Waals surface area contributed by atoms with Gasteiger partial charge in [0, 0.05) is 36.5 Å². The monoisotopic (exact) mass is 511 g/mol. The number of carbonyl (C=O) groups is 1. The second-order valence-corrected chi connectivity index (χ2v) is 11.3. The first-order chi connectivity index (χ1) is 17.6. The van der Waals surface area contributed by atoms with Crippen molar-refractivity contribution >= 4 is 18.4 Å². The van der Waals surface area contributed by atoms with E-state index in [9.17, 15) is 4.79 Å². The van der Waals surface area contributed by atoms with Crippen molar-refractivity contribution in [3.05, 3.63) is 41.6 Å². The molecule has 1 unspecified atom stereocenters. The maximum atomic E-state index is 12.7. The summed E-state index contributed by atoms with van der Waals surface area (Å²) in [5.41, 5.74) is 3.40. The Morgan fingerprint density at radius 2 is 1.86 bits per heavy atom. The molecule has 1 saturated heterocycles. The van der Waals surface area contributed by atoms with Crippen LogP contribution in [-0.4, -0.2) is 73.9 Å². The van der Waals surface area contributed by atoms with E-state index < -0.39 is 0 Å². The number of para-hydroxylation sites is 1. The molecule has 1 fully saturated rings. The number of rotatable bonds is 12. The molecule has 0 spiro atoms. The fourth-order valence-corrected chi connectivity index (χ4v) is 4.95. The van der Waals surface area contributed by atoms with E-state index in [4.69, 9.17) is 19.2 Å². The van der Waals surface area contributed by atoms with Crippen molar-refractivity contribution in [2.75, 3.05) is 26.2 Å². The van der Waals surface area contributed by atoms with Gasteiger partial charge in [-0.15, -0.1) is 0 Å². The Bertz CT molecular complexity index is 960. The van der Waals surface area contributed by atoms with Crippen LogP contribution in [0, 0.1) is 5.41 Å². The molecular formula is C30H45N3O4. The number of esters is 1. The molecule has 0 aliphatic carbocycles. The summed E-state index contributed by atoms with van der Waals surface area (Å²) in [6.07, 6.45) is 2.65. The van der Waals surface area contributed by atoms with Gasteiger partial charge >= 0.3 is 5.97 Å². The minimum Gasteiger partial charge on any atom is -0.491 e. The fraction of sp³-hybridized carbons (Fsp3) is 0.633. The molecule has 2 heterocycles. The standard InChI is InChI=1S/C30H45N3O4/c1-21(2)36-29(34)17-25-23(4)32-26(18-27(25)33-15-13-30(5,6)14-16-33)28(19-31-7)37-22(3)20-35-24-11-9-8-10-12-24/h8-12,21-22,26,28H,7,13-20H2,1-6H3/t22-,26?,28-/m1/s1. The Hall–Kier alpha value is -2.67. The van der Waals surface area contributed by atoms with Crippen LogP contribution < -0.4 is 4.74 Å². The summed E-state index contributed by atoms with van der Waals surface area (Å²) in [6.45, 7) is 19.0. The highest BCUT2D eigenvalue weighted by atomic mass is 16.5. The first kappa shape index (κ1) is 28.9. The van der Waals surface area contributed by atoms with Crippen LogP contribution in [0.5, 0.6) is 5.75 Å². The number of hydrogen-bond acceptors (Lipinski definition) is 7. The second kappa shape index (κ2) is 13.2. The van der Waals surface area contributed by atoms with Gasteiger partial charge in [0.15, 0.2) is 0 Å². The molecule has 37 heavy (non-hydrogen) atoms. The zero-order valence-corrected chi connectivity index (χ0v) is 23.5. The fourth-order valence-electron chi connectivity index (χ4n) is 4.95. The molecule has 0 saturated carbocycles. The number of hydrogen-bond donors (Lipinski definition) is 0. The third kappa shape index (κ3) is 8.70. The van der Waals surface area contributed by atoms with E-state index in [0.717, 1.165) is 43.0 Å². The molecule has 3 rings (SSSR count). The van der Waals surface area contributed by atoms with Crippen LogP contribution in [0.2, 0.25) is 0 Å². The lowest BCUT2D eigenvalue weighted by atomic mass is 9.81. The molecule has 2 aliphatic rings. The predicted molar refractivity (Wildman–Crippen MR) is 150 cm³/mol. The van der Waals surface area contributed by atoms with E-state index in [1.54, 1.807) is 0 Å². The van der Waals surface area contributed by atoms with Crippen molar-refractivity contribution in [2.24, 2.45) is 15.4 Å². The van der Waals surface area contributed by atoms with Crippen LogP contribution in [-0.2, 0) is 14.3 Å². The summed E-state index contributed by atoms with van der Waals surface area (Å²) in [7, 11) is 0. The van der Waals surface area contributed by atoms with E-state index in [0.29, 0.717) is 25.0 Å². The molecule has 7 nitrogen and oxygen atoms in total. The minimum absolute atomic E-state index is 0.112. The lowest BCUT2D eigenvalue weighted by Gasteiger charge is -2.42. The molecule has 204 valence electrons. The molecule has 1 aromatic rings. The van der Waals surface area contributed by atoms with Crippen LogP contribution >= 0.6 is 0 Å². The minimum atomic E-state index is -0.234. The highest BCUT2D eigenvalue weighted by molar-refractivity contribution is 6.03. The van der Waals surface area contributed by atoms with Crippen LogP contribution in [0.15, 0.2) is 51.6 Å². The summed E-state index contributed by atoms with van der Waals surface area (Å²) < 4.78 is 17.8. The van der Waals surface area contributed by atoms with Gasteiger partial charge in [-0.25, -0.2) is 0 Å². The number of likely N-dealkylation sites (tertiary alicyclic amines) is 1. The molecule has 3 atom stereocenters. The quantitative estimate of drug-likeness (QED) is 0.274. The van der Waals surface area contributed by atoms with Crippen LogP contribution in [0.3, 0.4) is 0 Å². The predicted octanol–water partition coefficient (Wildman–Crippen LogP) is 5.49. The lowest BCUT2D eigenvalue weighted by molar-refractivity contribution is -0.146. The van der Waals surface area contributed by atoms with Gasteiger partial charge in [0.2, 0.25) is 0 Å². The third-order valence-electron chi connectivity index (χ3n) is 7.11. The van der Waals surface area contributed by atoms with Gasteiger partial charge in [0.1, 0.15) is 18.5 Å². The van der Waals surface area contributed by atoms with Crippen molar-refractivity contribution in [3.8, 4) is 5.75 Å². The number of nitrogens with zero attached hydrogens (tertiary/aromatic N) is 3. The molecule has 2 aliphatic heterocycles. The highest BCUT2D eigenvalue weighted by Crippen LogP contribution is 2.36. The maximum Gasteiger partial charge on any atom is 0.310 e. The first-order valence-electron chi connectivity index (χ1n) is 13.5. The molecule has 0 aromatic heterocycles. The van der Waals surface area contributed by atoms with E-state index in [1.807, 2.05) is 58.0 Å². The Morgan fingerprint density at radius 3 is 2.49 bits per heavy atom. The number of dihydropyridines is 1. The van der Waals surface area contributed by atoms with E-state index >= 15 is 0 Å². The summed E-state index contributed by atoms with van der Waals surface area (Å²) in [4.78, 5) is 24.3. The zero-order valence-electron chi connectivity index (χ0n) is 23.5. The Kier molecular flexibility index (Phi) is 10.3. The molecule has 0 amide bonds. The SMILES string of the molecule is C=NC[C@@H](O[C@H](C)COc1ccccc1)C1CC(N2CCC(C)(C)CC2)=C(CC(=O)OC(C)C)C(C)=N1. The summed E-state index contributed by atoms with van der Waals surface area (Å²) in [6, 6.07) is 9.64. The smallest absolute Gasteiger partial charge is 0.310 e. The summed E-state index contributed by atoms with van der Waals surface area (Å²) >= 11 is 0. The summed E-state index contributed by atoms with van der Waals surface area (Å²) in [5.74, 6) is 0.610. The van der Waals surface area contributed by atoms with Crippen molar-refractivity contribution in [2.45, 2.75) is 91.6 Å². The lowest BCUT2D eigenvalue weighted by Crippen LogP contribution is -2.43. The average Bonchev–Trinajstić information content (AvgIpc) is 2.84. The molecule has 7 heteroatoms. The van der Waals surface area contributed by atoms with Gasteiger partial charge in [0.25, 0.3) is 0 Å². The van der Waals surface area contributed by atoms with Gasteiger partial charge in [0.05, 0.1) is 31.2 Å². The largest absolute Gasteiger partial charge is 0.491 e. The molecule has 0 radical (unpaired) electrons. The van der Waals surface area contributed by atoms with Gasteiger partial charge in [-0.2, -0.15) is 0 Å². The maximum absolute atomic E-state index is 12.7. The number of piperidine rings is 1. The van der Waals surface area contributed by atoms with Gasteiger partial charge in [-0.3, -0.25) is 14.8 Å². The van der Waals surface area contributed by atoms with Crippen molar-refractivity contribution in [3.63, 3.8) is 0 Å². The van der Waals surface area contributed by atoms with Crippen LogP contribution in [0.25, 0.3) is 0 Å². The van der Waals surface area contributed by atoms with Crippen LogP contribution in [0.4, 0.5) is 0 Å². The first-order valence-corrected chi connectivity index (χ1v) is 13.5. The van der Waals surface area contributed by atoms with Crippen molar-refractivity contribution < 1.29 is 19.0 Å². The highest BCUT2D eigenvalue weighted by Gasteiger charge is 2.35. The second-order valence-electron chi connectivity index (χ2n) is 11.3. The zero-order chi connectivity index (χ0) is 27.0. The molecular weight excluding hydrogens is 466 g/mol. The van der Waals surface area contributed by atoms with E-state index in [1.165, 1.54) is 5.70 Å². The van der Waals surface area contributed by atoms with Gasteiger partial charge in [-0.1, -0.05) is 32.0 Å². The van der Waals surface area contributed by atoms with Gasteiger partial charge in [-0.05, 0) is 64.8 Å². The Balaban J connectivity index is 1.77. The number of ether oxygens (including phenoxy) is 3. The van der Waals surface area contributed by atoms with E-state index in [-0.39, 0.29) is 36.7 Å². The average molecular weight is 512 g/mol. The topological polar surface area (TPSA) is 72.7 Å². The molecule has 1 aromatic carbocycles. The molecule has 0 bridgehead atoms. The van der Waals surface area contributed by atoms with Gasteiger partial charge < -0.3 is 19.1 Å². The van der Waals surface area contributed by atoms with Crippen molar-refractivity contribution in [1.82, 2.24) is 4.90 Å². The molecule has 0 N–H and O–H groups in total. The summed E-state index contributed by atoms with van der Waals surface area (Å²) in [5, 5.41) is 0. The number of aliphatic imine (C=N–C) groups is 2. The van der Waals surface area contributed by atoms with E-state index in [2.05, 4.69) is 30.5 Å².